The highest BCUT2D eigenvalue weighted by molar-refractivity contribution is 5.39. The van der Waals surface area contributed by atoms with Crippen LogP contribution in [0.5, 0.6) is 0 Å². The van der Waals surface area contributed by atoms with Crippen LogP contribution in [0.25, 0.3) is 0 Å². The second-order valence-corrected chi connectivity index (χ2v) is 6.17. The largest absolute Gasteiger partial charge is 0.314 e. The lowest BCUT2D eigenvalue weighted by Gasteiger charge is -2.26. The van der Waals surface area contributed by atoms with Gasteiger partial charge in [-0.05, 0) is 38.1 Å². The van der Waals surface area contributed by atoms with Crippen LogP contribution in [0.15, 0.2) is 24.3 Å². The van der Waals surface area contributed by atoms with Crippen LogP contribution in [0, 0.1) is 16.0 Å². The van der Waals surface area contributed by atoms with Gasteiger partial charge in [-0.25, -0.2) is 0 Å². The van der Waals surface area contributed by atoms with Crippen molar-refractivity contribution in [3.63, 3.8) is 0 Å². The van der Waals surface area contributed by atoms with Crippen molar-refractivity contribution in [2.45, 2.75) is 50.7 Å². The smallest absolute Gasteiger partial charge is 0.273 e. The molecule has 0 aromatic heterocycles. The van der Waals surface area contributed by atoms with E-state index in [-0.39, 0.29) is 10.6 Å². The standard InChI is InChI=1S/C16H23N3O2/c20-19(21)16-9-2-1-5-12(16)11-18-15-7-3-6-13(15)14-8-4-10-17-14/h1-2,5,9,13-15,17-18H,3-4,6-8,10-11H2. The zero-order valence-corrected chi connectivity index (χ0v) is 12.3. The molecule has 1 aromatic carbocycles. The highest BCUT2D eigenvalue weighted by atomic mass is 16.6. The molecule has 3 atom stereocenters. The zero-order chi connectivity index (χ0) is 14.7. The normalized spacial score (nSPS) is 28.9. The summed E-state index contributed by atoms with van der Waals surface area (Å²) in [4.78, 5) is 10.8. The van der Waals surface area contributed by atoms with E-state index >= 15 is 0 Å². The van der Waals surface area contributed by atoms with Crippen molar-refractivity contribution in [3.05, 3.63) is 39.9 Å². The van der Waals surface area contributed by atoms with Crippen LogP contribution in [0.1, 0.15) is 37.7 Å². The molecule has 0 amide bonds. The van der Waals surface area contributed by atoms with Gasteiger partial charge < -0.3 is 10.6 Å². The predicted molar refractivity (Wildman–Crippen MR) is 82.1 cm³/mol. The van der Waals surface area contributed by atoms with Gasteiger partial charge in [-0.3, -0.25) is 10.1 Å². The van der Waals surface area contributed by atoms with E-state index in [2.05, 4.69) is 10.6 Å². The number of hydrogen-bond donors (Lipinski definition) is 2. The Morgan fingerprint density at radius 2 is 2.10 bits per heavy atom. The second-order valence-electron chi connectivity index (χ2n) is 6.17. The van der Waals surface area contributed by atoms with Crippen molar-refractivity contribution < 1.29 is 4.92 Å². The van der Waals surface area contributed by atoms with Crippen LogP contribution in [0.2, 0.25) is 0 Å². The number of nitro benzene ring substituents is 1. The van der Waals surface area contributed by atoms with Gasteiger partial charge >= 0.3 is 0 Å². The van der Waals surface area contributed by atoms with E-state index in [9.17, 15) is 10.1 Å². The quantitative estimate of drug-likeness (QED) is 0.646. The molecule has 0 spiro atoms. The average molecular weight is 289 g/mol. The fourth-order valence-corrected chi connectivity index (χ4v) is 3.88. The van der Waals surface area contributed by atoms with Crippen LogP contribution >= 0.6 is 0 Å². The first kappa shape index (κ1) is 14.5. The number of hydrogen-bond acceptors (Lipinski definition) is 4. The van der Waals surface area contributed by atoms with Gasteiger partial charge in [-0.15, -0.1) is 0 Å². The lowest BCUT2D eigenvalue weighted by molar-refractivity contribution is -0.385. The van der Waals surface area contributed by atoms with Crippen molar-refractivity contribution in [2.24, 2.45) is 5.92 Å². The highest BCUT2D eigenvalue weighted by Gasteiger charge is 2.34. The number of para-hydroxylation sites is 1. The van der Waals surface area contributed by atoms with Crippen LogP contribution in [0.4, 0.5) is 5.69 Å². The molecule has 0 radical (unpaired) electrons. The second kappa shape index (κ2) is 6.54. The Morgan fingerprint density at radius 1 is 1.24 bits per heavy atom. The monoisotopic (exact) mass is 289 g/mol. The maximum atomic E-state index is 11.1. The lowest BCUT2D eigenvalue weighted by atomic mass is 9.93. The van der Waals surface area contributed by atoms with Crippen molar-refractivity contribution in [1.29, 1.82) is 0 Å². The van der Waals surface area contributed by atoms with E-state index in [0.29, 0.717) is 24.5 Å². The number of rotatable bonds is 5. The Morgan fingerprint density at radius 3 is 2.86 bits per heavy atom. The third kappa shape index (κ3) is 3.24. The van der Waals surface area contributed by atoms with Gasteiger partial charge in [0.05, 0.1) is 4.92 Å². The lowest BCUT2D eigenvalue weighted by Crippen LogP contribution is -2.41. The summed E-state index contributed by atoms with van der Waals surface area (Å²) in [7, 11) is 0. The molecular weight excluding hydrogens is 266 g/mol. The molecule has 2 fully saturated rings. The van der Waals surface area contributed by atoms with Crippen molar-refractivity contribution in [1.82, 2.24) is 10.6 Å². The van der Waals surface area contributed by atoms with Gasteiger partial charge in [-0.2, -0.15) is 0 Å². The molecule has 5 nitrogen and oxygen atoms in total. The van der Waals surface area contributed by atoms with E-state index in [0.717, 1.165) is 12.1 Å². The number of benzene rings is 1. The minimum atomic E-state index is -0.290. The van der Waals surface area contributed by atoms with Crippen molar-refractivity contribution >= 4 is 5.69 Å². The molecule has 114 valence electrons. The molecule has 1 aromatic rings. The summed E-state index contributed by atoms with van der Waals surface area (Å²) in [5, 5.41) is 18.2. The number of nitro groups is 1. The van der Waals surface area contributed by atoms with Crippen LogP contribution in [0.3, 0.4) is 0 Å². The Bertz CT molecular complexity index is 500. The Labute approximate surface area is 125 Å². The summed E-state index contributed by atoms with van der Waals surface area (Å²) >= 11 is 0. The molecular formula is C16H23N3O2. The molecule has 21 heavy (non-hydrogen) atoms. The third-order valence-corrected chi connectivity index (χ3v) is 4.93. The van der Waals surface area contributed by atoms with Gasteiger partial charge in [0.1, 0.15) is 0 Å². The van der Waals surface area contributed by atoms with Gasteiger partial charge in [0.15, 0.2) is 0 Å². The molecule has 1 heterocycles. The average Bonchev–Trinajstić information content (AvgIpc) is 3.16. The summed E-state index contributed by atoms with van der Waals surface area (Å²) in [5.41, 5.74) is 1.01. The molecule has 1 saturated heterocycles. The van der Waals surface area contributed by atoms with Gasteiger partial charge in [0.25, 0.3) is 5.69 Å². The Hall–Kier alpha value is -1.46. The molecule has 1 saturated carbocycles. The van der Waals surface area contributed by atoms with Crippen molar-refractivity contribution in [2.75, 3.05) is 6.54 Å². The summed E-state index contributed by atoms with van der Waals surface area (Å²) in [6, 6.07) is 8.15. The first-order valence-electron chi connectivity index (χ1n) is 7.95. The van der Waals surface area contributed by atoms with E-state index in [1.165, 1.54) is 32.1 Å². The topological polar surface area (TPSA) is 67.2 Å². The van der Waals surface area contributed by atoms with E-state index < -0.39 is 0 Å². The van der Waals surface area contributed by atoms with Crippen molar-refractivity contribution in [3.8, 4) is 0 Å². The summed E-state index contributed by atoms with van der Waals surface area (Å²) in [5.74, 6) is 0.676. The molecule has 3 rings (SSSR count). The van der Waals surface area contributed by atoms with Gasteiger partial charge in [0.2, 0.25) is 0 Å². The Kier molecular flexibility index (Phi) is 4.51. The minimum absolute atomic E-state index is 0.221. The van der Waals surface area contributed by atoms with Gasteiger partial charge in [0, 0.05) is 30.3 Å². The molecule has 2 aliphatic rings. The fraction of sp³-hybridized carbons (Fsp3) is 0.625. The van der Waals surface area contributed by atoms with Crippen LogP contribution in [-0.2, 0) is 6.54 Å². The van der Waals surface area contributed by atoms with Crippen LogP contribution in [-0.4, -0.2) is 23.6 Å². The first-order chi connectivity index (χ1) is 10.3. The minimum Gasteiger partial charge on any atom is -0.314 e. The summed E-state index contributed by atoms with van der Waals surface area (Å²) < 4.78 is 0. The zero-order valence-electron chi connectivity index (χ0n) is 12.3. The SMILES string of the molecule is O=[N+]([O-])c1ccccc1CNC1CCCC1C1CCCN1. The maximum absolute atomic E-state index is 11.1. The summed E-state index contributed by atoms with van der Waals surface area (Å²) in [6.45, 7) is 1.73. The summed E-state index contributed by atoms with van der Waals surface area (Å²) in [6.07, 6.45) is 6.26. The maximum Gasteiger partial charge on any atom is 0.273 e. The van der Waals surface area contributed by atoms with E-state index in [4.69, 9.17) is 0 Å². The molecule has 0 bridgehead atoms. The molecule has 5 heteroatoms. The number of nitrogens with one attached hydrogen (secondary N) is 2. The predicted octanol–water partition coefficient (Wildman–Crippen LogP) is 2.61. The Balaban J connectivity index is 1.63. The van der Waals surface area contributed by atoms with Gasteiger partial charge in [-0.1, -0.05) is 24.6 Å². The fourth-order valence-electron chi connectivity index (χ4n) is 3.88. The molecule has 3 unspecified atom stereocenters. The highest BCUT2D eigenvalue weighted by Crippen LogP contribution is 2.32. The number of nitrogens with zero attached hydrogens (tertiary/aromatic N) is 1. The molecule has 1 aliphatic carbocycles. The van der Waals surface area contributed by atoms with Crippen LogP contribution < -0.4 is 10.6 Å². The van der Waals surface area contributed by atoms with E-state index in [1.807, 2.05) is 12.1 Å². The van der Waals surface area contributed by atoms with E-state index in [1.54, 1.807) is 12.1 Å². The first-order valence-corrected chi connectivity index (χ1v) is 7.95. The third-order valence-electron chi connectivity index (χ3n) is 4.93. The molecule has 2 N–H and O–H groups in total. The molecule has 1 aliphatic heterocycles.